The molecule has 0 aromatic heterocycles. The van der Waals surface area contributed by atoms with Crippen molar-refractivity contribution in [2.75, 3.05) is 5.32 Å². The lowest BCUT2D eigenvalue weighted by Gasteiger charge is -2.40. The first-order valence-electron chi connectivity index (χ1n) is 5.45. The minimum Gasteiger partial charge on any atom is -0.378 e. The van der Waals surface area contributed by atoms with E-state index in [1.165, 1.54) is 0 Å². The summed E-state index contributed by atoms with van der Waals surface area (Å²) in [6.45, 7) is 1.94. The quantitative estimate of drug-likeness (QED) is 0.772. The molecule has 0 unspecified atom stereocenters. The fraction of sp³-hybridized carbons (Fsp3) is 0.500. The Kier molecular flexibility index (Phi) is 2.79. The minimum atomic E-state index is -4.50. The summed E-state index contributed by atoms with van der Waals surface area (Å²) < 4.78 is 50.5. The number of rotatable bonds is 2. The van der Waals surface area contributed by atoms with Gasteiger partial charge in [-0.2, -0.15) is 13.2 Å². The maximum atomic E-state index is 13.5. The summed E-state index contributed by atoms with van der Waals surface area (Å²) in [6, 6.07) is 2.58. The third kappa shape index (κ3) is 2.53. The topological polar surface area (TPSA) is 12.0 Å². The minimum absolute atomic E-state index is 0.139. The summed E-state index contributed by atoms with van der Waals surface area (Å²) in [5.74, 6) is -0.854. The summed E-state index contributed by atoms with van der Waals surface area (Å²) in [5.41, 5.74) is -1.000. The standard InChI is InChI=1S/C12H13F4N/c1-11(5-2-6-11)17-10-4-3-8(7-9(10)13)12(14,15)16/h3-4,7,17H,2,5-6H2,1H3. The largest absolute Gasteiger partial charge is 0.416 e. The van der Waals surface area contributed by atoms with Gasteiger partial charge < -0.3 is 5.32 Å². The van der Waals surface area contributed by atoms with Gasteiger partial charge in [0, 0.05) is 5.54 Å². The molecule has 17 heavy (non-hydrogen) atoms. The van der Waals surface area contributed by atoms with E-state index in [1.54, 1.807) is 0 Å². The summed E-state index contributed by atoms with van der Waals surface area (Å²) >= 11 is 0. The Morgan fingerprint density at radius 2 is 1.88 bits per heavy atom. The average molecular weight is 247 g/mol. The molecule has 0 amide bonds. The molecule has 0 atom stereocenters. The molecule has 5 heteroatoms. The van der Waals surface area contributed by atoms with E-state index in [0.29, 0.717) is 6.07 Å². The van der Waals surface area contributed by atoms with Crippen molar-refractivity contribution in [1.82, 2.24) is 0 Å². The van der Waals surface area contributed by atoms with Gasteiger partial charge in [-0.05, 0) is 44.4 Å². The smallest absolute Gasteiger partial charge is 0.378 e. The fourth-order valence-electron chi connectivity index (χ4n) is 1.95. The first kappa shape index (κ1) is 12.2. The highest BCUT2D eigenvalue weighted by atomic mass is 19.4. The molecule has 1 N–H and O–H groups in total. The van der Waals surface area contributed by atoms with Gasteiger partial charge in [0.1, 0.15) is 5.82 Å². The predicted octanol–water partition coefficient (Wildman–Crippen LogP) is 4.20. The molecule has 0 spiro atoms. The molecule has 0 aliphatic heterocycles. The van der Waals surface area contributed by atoms with E-state index in [2.05, 4.69) is 5.32 Å². The van der Waals surface area contributed by atoms with Crippen molar-refractivity contribution in [3.8, 4) is 0 Å². The lowest BCUT2D eigenvalue weighted by atomic mass is 9.78. The van der Waals surface area contributed by atoms with Crippen LogP contribution in [-0.2, 0) is 6.18 Å². The van der Waals surface area contributed by atoms with Crippen LogP contribution in [0.5, 0.6) is 0 Å². The molecular weight excluding hydrogens is 234 g/mol. The number of nitrogens with one attached hydrogen (secondary N) is 1. The van der Waals surface area contributed by atoms with Gasteiger partial charge in [0.25, 0.3) is 0 Å². The Hall–Kier alpha value is -1.26. The van der Waals surface area contributed by atoms with E-state index in [0.717, 1.165) is 31.4 Å². The Balaban J connectivity index is 2.20. The van der Waals surface area contributed by atoms with Crippen LogP contribution < -0.4 is 5.32 Å². The van der Waals surface area contributed by atoms with E-state index in [9.17, 15) is 17.6 Å². The van der Waals surface area contributed by atoms with Gasteiger partial charge in [0.05, 0.1) is 11.3 Å². The number of halogens is 4. The highest BCUT2D eigenvalue weighted by Gasteiger charge is 2.34. The highest BCUT2D eigenvalue weighted by Crippen LogP contribution is 2.37. The fourth-order valence-corrected chi connectivity index (χ4v) is 1.95. The Morgan fingerprint density at radius 3 is 2.29 bits per heavy atom. The van der Waals surface area contributed by atoms with Gasteiger partial charge in [0.2, 0.25) is 0 Å². The van der Waals surface area contributed by atoms with Crippen LogP contribution in [0.3, 0.4) is 0 Å². The van der Waals surface area contributed by atoms with Crippen molar-refractivity contribution < 1.29 is 17.6 Å². The molecule has 0 saturated heterocycles. The van der Waals surface area contributed by atoms with Gasteiger partial charge in [-0.3, -0.25) is 0 Å². The van der Waals surface area contributed by atoms with Gasteiger partial charge in [0.15, 0.2) is 0 Å². The molecule has 1 nitrogen and oxygen atoms in total. The van der Waals surface area contributed by atoms with Crippen LogP contribution in [0.4, 0.5) is 23.2 Å². The zero-order chi connectivity index (χ0) is 12.7. The lowest BCUT2D eigenvalue weighted by molar-refractivity contribution is -0.137. The maximum absolute atomic E-state index is 13.5. The SMILES string of the molecule is CC1(Nc2ccc(C(F)(F)F)cc2F)CCC1. The maximum Gasteiger partial charge on any atom is 0.416 e. The second-order valence-corrected chi connectivity index (χ2v) is 4.73. The number of anilines is 1. The Bertz CT molecular complexity index is 421. The Labute approximate surface area is 96.8 Å². The van der Waals surface area contributed by atoms with E-state index in [-0.39, 0.29) is 11.2 Å². The molecule has 1 saturated carbocycles. The number of hydrogen-bond donors (Lipinski definition) is 1. The second-order valence-electron chi connectivity index (χ2n) is 4.73. The van der Waals surface area contributed by atoms with Crippen molar-refractivity contribution >= 4 is 5.69 Å². The molecule has 0 bridgehead atoms. The first-order valence-corrected chi connectivity index (χ1v) is 5.45. The van der Waals surface area contributed by atoms with Crippen LogP contribution in [0.25, 0.3) is 0 Å². The van der Waals surface area contributed by atoms with Gasteiger partial charge >= 0.3 is 6.18 Å². The van der Waals surface area contributed by atoms with Crippen molar-refractivity contribution in [1.29, 1.82) is 0 Å². The Morgan fingerprint density at radius 1 is 1.24 bits per heavy atom. The zero-order valence-electron chi connectivity index (χ0n) is 9.37. The van der Waals surface area contributed by atoms with E-state index in [1.807, 2.05) is 6.92 Å². The monoisotopic (exact) mass is 247 g/mol. The molecule has 1 aromatic carbocycles. The number of benzene rings is 1. The molecular formula is C12H13F4N. The zero-order valence-corrected chi connectivity index (χ0v) is 9.37. The van der Waals surface area contributed by atoms with Crippen LogP contribution in [0, 0.1) is 5.82 Å². The van der Waals surface area contributed by atoms with Gasteiger partial charge in [-0.25, -0.2) is 4.39 Å². The normalized spacial score (nSPS) is 18.6. The predicted molar refractivity (Wildman–Crippen MR) is 57.3 cm³/mol. The molecule has 0 heterocycles. The number of hydrogen-bond acceptors (Lipinski definition) is 1. The average Bonchev–Trinajstić information content (AvgIpc) is 2.17. The van der Waals surface area contributed by atoms with Gasteiger partial charge in [-0.1, -0.05) is 0 Å². The van der Waals surface area contributed by atoms with Crippen molar-refractivity contribution in [2.45, 2.75) is 37.9 Å². The van der Waals surface area contributed by atoms with Crippen molar-refractivity contribution in [3.63, 3.8) is 0 Å². The molecule has 0 radical (unpaired) electrons. The van der Waals surface area contributed by atoms with Crippen LogP contribution in [0.2, 0.25) is 0 Å². The molecule has 2 rings (SSSR count). The lowest BCUT2D eigenvalue weighted by Crippen LogP contribution is -2.41. The molecule has 94 valence electrons. The van der Waals surface area contributed by atoms with Crippen LogP contribution >= 0.6 is 0 Å². The summed E-state index contributed by atoms with van der Waals surface area (Å²) in [6.07, 6.45) is -1.62. The third-order valence-corrected chi connectivity index (χ3v) is 3.19. The first-order chi connectivity index (χ1) is 7.80. The van der Waals surface area contributed by atoms with Crippen molar-refractivity contribution in [2.24, 2.45) is 0 Å². The van der Waals surface area contributed by atoms with E-state index >= 15 is 0 Å². The van der Waals surface area contributed by atoms with Crippen molar-refractivity contribution in [3.05, 3.63) is 29.6 Å². The molecule has 1 aliphatic carbocycles. The van der Waals surface area contributed by atoms with E-state index < -0.39 is 17.6 Å². The molecule has 1 fully saturated rings. The molecule has 1 aliphatic rings. The second kappa shape index (κ2) is 3.89. The summed E-state index contributed by atoms with van der Waals surface area (Å²) in [5, 5.41) is 2.96. The van der Waals surface area contributed by atoms with Crippen LogP contribution in [0.1, 0.15) is 31.7 Å². The summed E-state index contributed by atoms with van der Waals surface area (Å²) in [4.78, 5) is 0. The van der Waals surface area contributed by atoms with Crippen LogP contribution in [0.15, 0.2) is 18.2 Å². The van der Waals surface area contributed by atoms with Gasteiger partial charge in [-0.15, -0.1) is 0 Å². The summed E-state index contributed by atoms with van der Waals surface area (Å²) in [7, 11) is 0. The third-order valence-electron chi connectivity index (χ3n) is 3.19. The highest BCUT2D eigenvalue weighted by molar-refractivity contribution is 5.49. The van der Waals surface area contributed by atoms with E-state index in [4.69, 9.17) is 0 Å². The number of alkyl halides is 3. The molecule has 1 aromatic rings. The van der Waals surface area contributed by atoms with Crippen LogP contribution in [-0.4, -0.2) is 5.54 Å².